The van der Waals surface area contributed by atoms with Crippen LogP contribution in [0.25, 0.3) is 0 Å². The third kappa shape index (κ3) is 4.52. The van der Waals surface area contributed by atoms with Crippen LogP contribution in [0.15, 0.2) is 42.5 Å². The maximum Gasteiger partial charge on any atom is 0.229 e. The van der Waals surface area contributed by atoms with Crippen molar-refractivity contribution in [2.75, 3.05) is 17.5 Å². The first-order valence-electron chi connectivity index (χ1n) is 8.57. The maximum absolute atomic E-state index is 11.7. The molecule has 0 fully saturated rings. The molecule has 5 nitrogen and oxygen atoms in total. The van der Waals surface area contributed by atoms with Gasteiger partial charge in [-0.3, -0.25) is 4.72 Å². The van der Waals surface area contributed by atoms with Gasteiger partial charge in [0.2, 0.25) is 10.0 Å². The number of para-hydroxylation sites is 1. The summed E-state index contributed by atoms with van der Waals surface area (Å²) in [6, 6.07) is 13.6. The van der Waals surface area contributed by atoms with E-state index in [2.05, 4.69) is 17.0 Å². The average molecular weight is 360 g/mol. The fraction of sp³-hybridized carbons (Fsp3) is 0.368. The van der Waals surface area contributed by atoms with Gasteiger partial charge in [-0.1, -0.05) is 25.1 Å². The minimum Gasteiger partial charge on any atom is -0.455 e. The fourth-order valence-corrected chi connectivity index (χ4v) is 3.71. The van der Waals surface area contributed by atoms with Gasteiger partial charge in [0.05, 0.1) is 11.9 Å². The van der Waals surface area contributed by atoms with E-state index in [1.54, 1.807) is 0 Å². The molecule has 3 rings (SSSR count). The van der Waals surface area contributed by atoms with Gasteiger partial charge in [0.25, 0.3) is 0 Å². The molecule has 25 heavy (non-hydrogen) atoms. The molecule has 0 spiro atoms. The van der Waals surface area contributed by atoms with Crippen molar-refractivity contribution >= 4 is 15.7 Å². The number of benzene rings is 2. The highest BCUT2D eigenvalue weighted by Crippen LogP contribution is 2.40. The zero-order valence-electron chi connectivity index (χ0n) is 14.6. The van der Waals surface area contributed by atoms with Crippen molar-refractivity contribution in [2.24, 2.45) is 0 Å². The number of hydrogen-bond acceptors (Lipinski definition) is 4. The lowest BCUT2D eigenvalue weighted by atomic mass is 10.1. The predicted molar refractivity (Wildman–Crippen MR) is 101 cm³/mol. The second-order valence-electron chi connectivity index (χ2n) is 6.38. The second kappa shape index (κ2) is 7.45. The van der Waals surface area contributed by atoms with Crippen LogP contribution in [0.3, 0.4) is 0 Å². The molecule has 0 heterocycles. The van der Waals surface area contributed by atoms with E-state index in [4.69, 9.17) is 4.74 Å². The summed E-state index contributed by atoms with van der Waals surface area (Å²) < 4.78 is 32.0. The molecule has 0 bridgehead atoms. The van der Waals surface area contributed by atoms with Gasteiger partial charge < -0.3 is 10.1 Å². The molecular formula is C19H24N2O3S. The topological polar surface area (TPSA) is 67.4 Å². The Morgan fingerprint density at radius 1 is 1.20 bits per heavy atom. The summed E-state index contributed by atoms with van der Waals surface area (Å²) in [4.78, 5) is 0. The number of rotatable bonds is 7. The number of fused-ring (bicyclic) bond motifs is 1. The van der Waals surface area contributed by atoms with Crippen LogP contribution in [0.2, 0.25) is 0 Å². The lowest BCUT2D eigenvalue weighted by molar-refractivity contribution is 0.481. The van der Waals surface area contributed by atoms with Gasteiger partial charge in [0.1, 0.15) is 5.75 Å². The summed E-state index contributed by atoms with van der Waals surface area (Å²) in [5.41, 5.74) is 2.85. The van der Waals surface area contributed by atoms with Gasteiger partial charge in [-0.15, -0.1) is 0 Å². The molecule has 0 amide bonds. The average Bonchev–Trinajstić information content (AvgIpc) is 2.94. The van der Waals surface area contributed by atoms with Crippen LogP contribution in [0.5, 0.6) is 11.5 Å². The molecule has 0 aromatic heterocycles. The first-order valence-corrected chi connectivity index (χ1v) is 10.5. The van der Waals surface area contributed by atoms with Crippen LogP contribution in [-0.4, -0.2) is 21.2 Å². The third-order valence-electron chi connectivity index (χ3n) is 4.23. The van der Waals surface area contributed by atoms with Crippen molar-refractivity contribution in [3.8, 4) is 11.5 Å². The van der Waals surface area contributed by atoms with Crippen molar-refractivity contribution < 1.29 is 13.2 Å². The Morgan fingerprint density at radius 2 is 1.96 bits per heavy atom. The van der Waals surface area contributed by atoms with E-state index in [9.17, 15) is 8.42 Å². The van der Waals surface area contributed by atoms with Crippen LogP contribution < -0.4 is 14.8 Å². The molecule has 6 heteroatoms. The third-order valence-corrected chi connectivity index (χ3v) is 4.82. The van der Waals surface area contributed by atoms with Crippen LogP contribution in [0.4, 0.5) is 5.69 Å². The molecule has 2 aromatic rings. The largest absolute Gasteiger partial charge is 0.455 e. The molecule has 2 N–H and O–H groups in total. The number of sulfonamides is 1. The minimum absolute atomic E-state index is 0.292. The number of ether oxygens (including phenoxy) is 1. The molecule has 1 aliphatic carbocycles. The molecule has 1 atom stereocenters. The molecule has 1 aliphatic rings. The summed E-state index contributed by atoms with van der Waals surface area (Å²) in [5, 5.41) is 3.55. The highest BCUT2D eigenvalue weighted by atomic mass is 32.2. The highest BCUT2D eigenvalue weighted by molar-refractivity contribution is 7.92. The van der Waals surface area contributed by atoms with E-state index in [1.807, 2.05) is 42.5 Å². The standard InChI is InChI=1S/C19H24N2O3S/c1-3-11-20-17-10-9-14-12-18(21-25(2,22)23)19(13-16(14)17)24-15-7-5-4-6-8-15/h4-8,12-13,17,20-21H,3,9-11H2,1-2H3. The van der Waals surface area contributed by atoms with Gasteiger partial charge in [0.15, 0.2) is 5.75 Å². The summed E-state index contributed by atoms with van der Waals surface area (Å²) in [7, 11) is -3.38. The monoisotopic (exact) mass is 360 g/mol. The number of aryl methyl sites for hydroxylation is 1. The van der Waals surface area contributed by atoms with Gasteiger partial charge in [0, 0.05) is 6.04 Å². The van der Waals surface area contributed by atoms with E-state index >= 15 is 0 Å². The Balaban J connectivity index is 1.97. The first-order chi connectivity index (χ1) is 12.0. The molecule has 0 radical (unpaired) electrons. The molecule has 1 unspecified atom stereocenters. The summed E-state index contributed by atoms with van der Waals surface area (Å²) in [6.45, 7) is 3.11. The SMILES string of the molecule is CCCNC1CCc2cc(NS(C)(=O)=O)c(Oc3ccccc3)cc21. The molecular weight excluding hydrogens is 336 g/mol. The fourth-order valence-electron chi connectivity index (χ4n) is 3.15. The predicted octanol–water partition coefficient (Wildman–Crippen LogP) is 3.84. The summed E-state index contributed by atoms with van der Waals surface area (Å²) >= 11 is 0. The van der Waals surface area contributed by atoms with Gasteiger partial charge in [-0.05, 0) is 61.2 Å². The quantitative estimate of drug-likeness (QED) is 0.787. The Kier molecular flexibility index (Phi) is 5.30. The first kappa shape index (κ1) is 17.8. The lowest BCUT2D eigenvalue weighted by Crippen LogP contribution is -2.20. The zero-order valence-corrected chi connectivity index (χ0v) is 15.4. The maximum atomic E-state index is 11.7. The van der Waals surface area contributed by atoms with Crippen LogP contribution in [0, 0.1) is 0 Å². The van der Waals surface area contributed by atoms with Crippen LogP contribution in [0.1, 0.15) is 36.9 Å². The summed E-state index contributed by atoms with van der Waals surface area (Å²) in [6.07, 6.45) is 4.17. The number of nitrogens with one attached hydrogen (secondary N) is 2. The van der Waals surface area contributed by atoms with E-state index < -0.39 is 10.0 Å². The molecule has 0 saturated heterocycles. The van der Waals surface area contributed by atoms with Crippen molar-refractivity contribution in [1.82, 2.24) is 5.32 Å². The minimum atomic E-state index is -3.38. The lowest BCUT2D eigenvalue weighted by Gasteiger charge is -2.17. The van der Waals surface area contributed by atoms with E-state index in [-0.39, 0.29) is 0 Å². The number of anilines is 1. The highest BCUT2D eigenvalue weighted by Gasteiger charge is 2.25. The van der Waals surface area contributed by atoms with E-state index in [0.29, 0.717) is 23.2 Å². The van der Waals surface area contributed by atoms with Gasteiger partial charge in [-0.2, -0.15) is 0 Å². The molecule has 134 valence electrons. The summed E-state index contributed by atoms with van der Waals surface area (Å²) in [5.74, 6) is 1.20. The van der Waals surface area contributed by atoms with Gasteiger partial charge >= 0.3 is 0 Å². The molecule has 0 aliphatic heterocycles. The van der Waals surface area contributed by atoms with Crippen molar-refractivity contribution in [3.05, 3.63) is 53.6 Å². The van der Waals surface area contributed by atoms with E-state index in [0.717, 1.165) is 32.1 Å². The second-order valence-corrected chi connectivity index (χ2v) is 8.13. The van der Waals surface area contributed by atoms with Crippen LogP contribution >= 0.6 is 0 Å². The Labute approximate surface area is 149 Å². The normalized spacial score (nSPS) is 16.5. The van der Waals surface area contributed by atoms with E-state index in [1.165, 1.54) is 11.1 Å². The van der Waals surface area contributed by atoms with Crippen LogP contribution in [-0.2, 0) is 16.4 Å². The molecule has 2 aromatic carbocycles. The Bertz CT molecular complexity index is 835. The smallest absolute Gasteiger partial charge is 0.229 e. The van der Waals surface area contributed by atoms with Crippen molar-refractivity contribution in [3.63, 3.8) is 0 Å². The Morgan fingerprint density at radius 3 is 2.64 bits per heavy atom. The zero-order chi connectivity index (χ0) is 17.9. The van der Waals surface area contributed by atoms with Crippen molar-refractivity contribution in [1.29, 1.82) is 0 Å². The van der Waals surface area contributed by atoms with Crippen molar-refractivity contribution in [2.45, 2.75) is 32.2 Å². The molecule has 0 saturated carbocycles. The Hall–Kier alpha value is -2.05. The van der Waals surface area contributed by atoms with Gasteiger partial charge in [-0.25, -0.2) is 8.42 Å². The number of hydrogen-bond donors (Lipinski definition) is 2.